The third kappa shape index (κ3) is 2.79. The molecule has 2 rings (SSSR count). The van der Waals surface area contributed by atoms with Crippen molar-refractivity contribution in [3.8, 4) is 0 Å². The van der Waals surface area contributed by atoms with Crippen molar-refractivity contribution in [3.63, 3.8) is 0 Å². The Labute approximate surface area is 113 Å². The van der Waals surface area contributed by atoms with Crippen molar-refractivity contribution in [3.05, 3.63) is 59.3 Å². The summed E-state index contributed by atoms with van der Waals surface area (Å²) in [5, 5.41) is 0. The van der Waals surface area contributed by atoms with Crippen LogP contribution in [-0.2, 0) is 0 Å². The third-order valence-electron chi connectivity index (χ3n) is 2.86. The van der Waals surface area contributed by atoms with Crippen molar-refractivity contribution < 1.29 is 0 Å². The largest absolute Gasteiger partial charge is 0.399 e. The minimum absolute atomic E-state index is 0.812. The molecule has 0 saturated carbocycles. The van der Waals surface area contributed by atoms with Gasteiger partial charge in [-0.1, -0.05) is 18.3 Å². The molecule has 0 atom stereocenters. The number of aryl methyl sites for hydroxylation is 1. The molecule has 0 fully saturated rings. The maximum atomic E-state index is 5.76. The van der Waals surface area contributed by atoms with Gasteiger partial charge in [0.05, 0.1) is 0 Å². The van der Waals surface area contributed by atoms with E-state index >= 15 is 0 Å². The lowest BCUT2D eigenvalue weighted by Crippen LogP contribution is -2.15. The minimum atomic E-state index is 0.812. The van der Waals surface area contributed by atoms with Crippen LogP contribution in [0.15, 0.2) is 58.6 Å². The van der Waals surface area contributed by atoms with Gasteiger partial charge in [0.25, 0.3) is 0 Å². The number of hydrogen-bond donors (Lipinski definition) is 1. The average Bonchev–Trinajstić information content (AvgIpc) is 2.33. The Balaban J connectivity index is 2.16. The van der Waals surface area contributed by atoms with Crippen molar-refractivity contribution in [1.29, 1.82) is 0 Å². The smallest absolute Gasteiger partial charge is 0.0344 e. The SMILES string of the molecule is C=C1C=C(Sc2ccc(N)cc2C)C=CN1CC. The van der Waals surface area contributed by atoms with Gasteiger partial charge >= 0.3 is 0 Å². The van der Waals surface area contributed by atoms with Gasteiger partial charge in [-0.15, -0.1) is 0 Å². The predicted molar refractivity (Wildman–Crippen MR) is 80.2 cm³/mol. The highest BCUT2D eigenvalue weighted by Gasteiger charge is 2.09. The predicted octanol–water partition coefficient (Wildman–Crippen LogP) is 3.92. The zero-order valence-electron chi connectivity index (χ0n) is 10.8. The molecular weight excluding hydrogens is 240 g/mol. The number of nitrogens with two attached hydrogens (primary N) is 1. The molecule has 2 N–H and O–H groups in total. The van der Waals surface area contributed by atoms with E-state index in [0.29, 0.717) is 0 Å². The highest BCUT2D eigenvalue weighted by molar-refractivity contribution is 8.03. The molecule has 0 radical (unpaired) electrons. The molecule has 94 valence electrons. The number of nitrogens with zero attached hydrogens (tertiary/aromatic N) is 1. The highest BCUT2D eigenvalue weighted by Crippen LogP contribution is 2.33. The quantitative estimate of drug-likeness (QED) is 0.833. The van der Waals surface area contributed by atoms with Crippen LogP contribution in [0.3, 0.4) is 0 Å². The van der Waals surface area contributed by atoms with Crippen molar-refractivity contribution in [2.45, 2.75) is 18.7 Å². The molecule has 18 heavy (non-hydrogen) atoms. The van der Waals surface area contributed by atoms with Crippen molar-refractivity contribution >= 4 is 17.4 Å². The van der Waals surface area contributed by atoms with Crippen LogP contribution in [0.4, 0.5) is 5.69 Å². The summed E-state index contributed by atoms with van der Waals surface area (Å²) in [5.41, 5.74) is 8.82. The van der Waals surface area contributed by atoms with E-state index in [4.69, 9.17) is 5.73 Å². The monoisotopic (exact) mass is 258 g/mol. The Morgan fingerprint density at radius 2 is 2.17 bits per heavy atom. The van der Waals surface area contributed by atoms with Gasteiger partial charge in [0, 0.05) is 33.9 Å². The summed E-state index contributed by atoms with van der Waals surface area (Å²) in [6.07, 6.45) is 6.32. The van der Waals surface area contributed by atoms with Gasteiger partial charge in [0.2, 0.25) is 0 Å². The van der Waals surface area contributed by atoms with Crippen LogP contribution in [0.5, 0.6) is 0 Å². The van der Waals surface area contributed by atoms with Crippen molar-refractivity contribution in [2.75, 3.05) is 12.3 Å². The summed E-state index contributed by atoms with van der Waals surface area (Å²) in [6.45, 7) is 9.21. The average molecular weight is 258 g/mol. The second-order valence-electron chi connectivity index (χ2n) is 4.27. The number of rotatable bonds is 3. The molecule has 0 amide bonds. The van der Waals surface area contributed by atoms with Crippen LogP contribution in [0, 0.1) is 6.92 Å². The van der Waals surface area contributed by atoms with E-state index in [9.17, 15) is 0 Å². The summed E-state index contributed by atoms with van der Waals surface area (Å²) in [7, 11) is 0. The zero-order chi connectivity index (χ0) is 13.1. The number of likely N-dealkylation sites (N-methyl/N-ethyl adjacent to an activating group) is 1. The summed E-state index contributed by atoms with van der Waals surface area (Å²) in [5.74, 6) is 0. The van der Waals surface area contributed by atoms with Crippen LogP contribution in [0.25, 0.3) is 0 Å². The van der Waals surface area contributed by atoms with E-state index in [0.717, 1.165) is 17.9 Å². The standard InChI is InChI=1S/C15H18N2S/c1-4-17-8-7-14(10-12(17)3)18-15-6-5-13(16)9-11(15)2/h5-10H,3-4,16H2,1-2H3. The molecular formula is C15H18N2S. The lowest BCUT2D eigenvalue weighted by atomic mass is 10.2. The lowest BCUT2D eigenvalue weighted by molar-refractivity contribution is 0.505. The van der Waals surface area contributed by atoms with E-state index in [2.05, 4.69) is 49.7 Å². The van der Waals surface area contributed by atoms with E-state index < -0.39 is 0 Å². The number of anilines is 1. The number of nitrogen functional groups attached to an aromatic ring is 1. The molecule has 0 bridgehead atoms. The van der Waals surface area contributed by atoms with Gasteiger partial charge in [-0.2, -0.15) is 0 Å². The van der Waals surface area contributed by atoms with Gasteiger partial charge in [-0.25, -0.2) is 0 Å². The van der Waals surface area contributed by atoms with E-state index in [-0.39, 0.29) is 0 Å². The normalized spacial score (nSPS) is 14.9. The fourth-order valence-electron chi connectivity index (χ4n) is 1.84. The summed E-state index contributed by atoms with van der Waals surface area (Å²) < 4.78 is 0. The molecule has 0 aromatic heterocycles. The first kappa shape index (κ1) is 12.8. The molecule has 1 heterocycles. The maximum absolute atomic E-state index is 5.76. The van der Waals surface area contributed by atoms with Gasteiger partial charge in [-0.3, -0.25) is 0 Å². The van der Waals surface area contributed by atoms with Gasteiger partial charge in [0.15, 0.2) is 0 Å². The van der Waals surface area contributed by atoms with Crippen LogP contribution >= 0.6 is 11.8 Å². The molecule has 1 aromatic rings. The second kappa shape index (κ2) is 5.36. The lowest BCUT2D eigenvalue weighted by Gasteiger charge is -2.23. The van der Waals surface area contributed by atoms with Crippen LogP contribution in [0.2, 0.25) is 0 Å². The van der Waals surface area contributed by atoms with E-state index in [1.54, 1.807) is 11.8 Å². The van der Waals surface area contributed by atoms with Crippen molar-refractivity contribution in [2.24, 2.45) is 0 Å². The Bertz CT molecular complexity index is 529. The fourth-order valence-corrected chi connectivity index (χ4v) is 2.77. The van der Waals surface area contributed by atoms with Gasteiger partial charge < -0.3 is 10.6 Å². The van der Waals surface area contributed by atoms with E-state index in [1.807, 2.05) is 12.1 Å². The number of hydrogen-bond acceptors (Lipinski definition) is 3. The molecule has 2 nitrogen and oxygen atoms in total. The molecule has 3 heteroatoms. The first-order chi connectivity index (χ1) is 8.60. The Kier molecular flexibility index (Phi) is 3.82. The van der Waals surface area contributed by atoms with Crippen molar-refractivity contribution in [1.82, 2.24) is 4.90 Å². The molecule has 0 spiro atoms. The number of benzene rings is 1. The molecule has 1 aromatic carbocycles. The molecule has 0 unspecified atom stereocenters. The molecule has 0 aliphatic carbocycles. The Morgan fingerprint density at radius 3 is 2.78 bits per heavy atom. The Hall–Kier alpha value is -1.61. The van der Waals surface area contributed by atoms with Crippen LogP contribution in [0.1, 0.15) is 12.5 Å². The maximum Gasteiger partial charge on any atom is 0.0344 e. The van der Waals surface area contributed by atoms with Gasteiger partial charge in [0.1, 0.15) is 0 Å². The number of thioether (sulfide) groups is 1. The van der Waals surface area contributed by atoms with Crippen LogP contribution < -0.4 is 5.73 Å². The first-order valence-corrected chi connectivity index (χ1v) is 6.81. The summed E-state index contributed by atoms with van der Waals surface area (Å²) in [4.78, 5) is 4.57. The first-order valence-electron chi connectivity index (χ1n) is 5.99. The van der Waals surface area contributed by atoms with E-state index in [1.165, 1.54) is 15.4 Å². The zero-order valence-corrected chi connectivity index (χ0v) is 11.6. The van der Waals surface area contributed by atoms with Crippen LogP contribution in [-0.4, -0.2) is 11.4 Å². The summed E-state index contributed by atoms with van der Waals surface area (Å²) >= 11 is 1.75. The highest BCUT2D eigenvalue weighted by atomic mass is 32.2. The Morgan fingerprint density at radius 1 is 1.39 bits per heavy atom. The second-order valence-corrected chi connectivity index (χ2v) is 5.38. The third-order valence-corrected chi connectivity index (χ3v) is 4.03. The fraction of sp³-hybridized carbons (Fsp3) is 0.200. The number of allylic oxidation sites excluding steroid dienone is 2. The minimum Gasteiger partial charge on any atom is -0.399 e. The molecule has 0 saturated heterocycles. The topological polar surface area (TPSA) is 29.3 Å². The molecule has 1 aliphatic rings. The molecule has 1 aliphatic heterocycles. The van der Waals surface area contributed by atoms with Gasteiger partial charge in [-0.05, 0) is 49.8 Å². The summed E-state index contributed by atoms with van der Waals surface area (Å²) in [6, 6.07) is 6.01.